The molecule has 0 unspecified atom stereocenters. The van der Waals surface area contributed by atoms with Gasteiger partial charge in [-0.05, 0) is 11.1 Å². The number of halogens is 1. The first-order valence-corrected chi connectivity index (χ1v) is 5.79. The van der Waals surface area contributed by atoms with Crippen molar-refractivity contribution in [2.24, 2.45) is 5.73 Å². The van der Waals surface area contributed by atoms with E-state index in [0.717, 1.165) is 11.1 Å². The van der Waals surface area contributed by atoms with Crippen LogP contribution >= 0.6 is 12.4 Å². The molecule has 3 N–H and O–H groups in total. The number of hydrogen-bond donors (Lipinski definition) is 2. The van der Waals surface area contributed by atoms with Gasteiger partial charge in [0.1, 0.15) is 0 Å². The molecule has 0 fully saturated rings. The van der Waals surface area contributed by atoms with E-state index in [1.165, 1.54) is 0 Å². The summed E-state index contributed by atoms with van der Waals surface area (Å²) in [6, 6.07) is 19.9. The van der Waals surface area contributed by atoms with Crippen molar-refractivity contribution in [3.63, 3.8) is 0 Å². The van der Waals surface area contributed by atoms with Gasteiger partial charge < -0.3 is 10.8 Å². The molecule has 0 aromatic heterocycles. The van der Waals surface area contributed by atoms with Gasteiger partial charge in [0.05, 0.1) is 6.61 Å². The molecule has 2 aromatic rings. The van der Waals surface area contributed by atoms with E-state index in [-0.39, 0.29) is 31.0 Å². The topological polar surface area (TPSA) is 46.2 Å². The number of nitrogens with two attached hydrogens (primary N) is 1. The zero-order chi connectivity index (χ0) is 12.1. The normalized spacial score (nSPS) is 11.9. The number of benzene rings is 2. The van der Waals surface area contributed by atoms with Crippen LogP contribution < -0.4 is 5.73 Å². The van der Waals surface area contributed by atoms with Gasteiger partial charge in [-0.15, -0.1) is 12.4 Å². The Morgan fingerprint density at radius 1 is 0.833 bits per heavy atom. The van der Waals surface area contributed by atoms with E-state index in [4.69, 9.17) is 5.73 Å². The smallest absolute Gasteiger partial charge is 0.0591 e. The Hall–Kier alpha value is -1.35. The molecular formula is C15H18ClNO. The lowest BCUT2D eigenvalue weighted by atomic mass is 9.86. The highest BCUT2D eigenvalue weighted by molar-refractivity contribution is 5.85. The molecule has 0 aliphatic rings. The van der Waals surface area contributed by atoms with Gasteiger partial charge in [0.2, 0.25) is 0 Å². The number of rotatable bonds is 4. The average Bonchev–Trinajstić information content (AvgIpc) is 2.41. The fraction of sp³-hybridized carbons (Fsp3) is 0.200. The molecule has 2 nitrogen and oxygen atoms in total. The quantitative estimate of drug-likeness (QED) is 0.891. The van der Waals surface area contributed by atoms with Crippen molar-refractivity contribution >= 4 is 12.4 Å². The molecule has 0 saturated carbocycles. The molecule has 0 heterocycles. The summed E-state index contributed by atoms with van der Waals surface area (Å²) < 4.78 is 0. The molecule has 2 aromatic carbocycles. The van der Waals surface area contributed by atoms with Gasteiger partial charge in [-0.2, -0.15) is 0 Å². The molecular weight excluding hydrogens is 246 g/mol. The van der Waals surface area contributed by atoms with Gasteiger partial charge >= 0.3 is 0 Å². The van der Waals surface area contributed by atoms with Crippen LogP contribution in [0.25, 0.3) is 0 Å². The van der Waals surface area contributed by atoms with E-state index in [1.54, 1.807) is 0 Å². The predicted octanol–water partition coefficient (Wildman–Crippen LogP) is 2.56. The first kappa shape index (κ1) is 14.7. The van der Waals surface area contributed by atoms with Gasteiger partial charge in [-0.1, -0.05) is 60.7 Å². The lowest BCUT2D eigenvalue weighted by molar-refractivity contribution is 0.256. The van der Waals surface area contributed by atoms with Crippen LogP contribution in [0.15, 0.2) is 60.7 Å². The zero-order valence-electron chi connectivity index (χ0n) is 10.1. The monoisotopic (exact) mass is 263 g/mol. The summed E-state index contributed by atoms with van der Waals surface area (Å²) in [4.78, 5) is 0. The predicted molar refractivity (Wildman–Crippen MR) is 77.0 cm³/mol. The van der Waals surface area contributed by atoms with Crippen LogP contribution in [-0.4, -0.2) is 17.8 Å². The number of aliphatic hydroxyl groups is 1. The van der Waals surface area contributed by atoms with E-state index in [9.17, 15) is 5.11 Å². The first-order chi connectivity index (χ1) is 8.33. The highest BCUT2D eigenvalue weighted by atomic mass is 35.5. The Balaban J connectivity index is 0.00000162. The lowest BCUT2D eigenvalue weighted by Gasteiger charge is -2.23. The highest BCUT2D eigenvalue weighted by Gasteiger charge is 2.20. The maximum absolute atomic E-state index is 9.30. The van der Waals surface area contributed by atoms with Gasteiger partial charge in [0.15, 0.2) is 0 Å². The van der Waals surface area contributed by atoms with Crippen LogP contribution in [0, 0.1) is 0 Å². The standard InChI is InChI=1S/C15H17NO.ClH/c16-14(11-17)15(12-7-3-1-4-8-12)13-9-5-2-6-10-13;/h1-10,14-15,17H,11,16H2;1H/t14-;/m1./s1. The fourth-order valence-corrected chi connectivity index (χ4v) is 2.11. The van der Waals surface area contributed by atoms with Crippen molar-refractivity contribution in [1.82, 2.24) is 0 Å². The summed E-state index contributed by atoms with van der Waals surface area (Å²) in [5, 5.41) is 9.30. The SMILES string of the molecule is Cl.N[C@H](CO)C(c1ccccc1)c1ccccc1. The second-order valence-electron chi connectivity index (χ2n) is 4.15. The Kier molecular flexibility index (Phi) is 5.86. The van der Waals surface area contributed by atoms with Gasteiger partial charge in [0, 0.05) is 12.0 Å². The van der Waals surface area contributed by atoms with Crippen molar-refractivity contribution in [2.45, 2.75) is 12.0 Å². The van der Waals surface area contributed by atoms with E-state index in [1.807, 2.05) is 60.7 Å². The molecule has 18 heavy (non-hydrogen) atoms. The van der Waals surface area contributed by atoms with Crippen molar-refractivity contribution in [3.8, 4) is 0 Å². The molecule has 0 radical (unpaired) electrons. The minimum atomic E-state index is -0.278. The maximum Gasteiger partial charge on any atom is 0.0591 e. The van der Waals surface area contributed by atoms with E-state index in [0.29, 0.717) is 0 Å². The van der Waals surface area contributed by atoms with Crippen molar-refractivity contribution in [2.75, 3.05) is 6.61 Å². The second-order valence-corrected chi connectivity index (χ2v) is 4.15. The third-order valence-electron chi connectivity index (χ3n) is 2.96. The first-order valence-electron chi connectivity index (χ1n) is 5.79. The van der Waals surface area contributed by atoms with Gasteiger partial charge in [0.25, 0.3) is 0 Å². The van der Waals surface area contributed by atoms with E-state index < -0.39 is 0 Å². The molecule has 2 rings (SSSR count). The summed E-state index contributed by atoms with van der Waals surface area (Å²) in [6.07, 6.45) is 0. The summed E-state index contributed by atoms with van der Waals surface area (Å²) in [6.45, 7) is -0.0194. The number of hydrogen-bond acceptors (Lipinski definition) is 2. The minimum absolute atomic E-state index is 0. The molecule has 1 atom stereocenters. The van der Waals surface area contributed by atoms with Gasteiger partial charge in [-0.3, -0.25) is 0 Å². The van der Waals surface area contributed by atoms with Crippen LogP contribution in [0.2, 0.25) is 0 Å². The second kappa shape index (κ2) is 7.17. The van der Waals surface area contributed by atoms with Crippen LogP contribution in [-0.2, 0) is 0 Å². The van der Waals surface area contributed by atoms with Crippen molar-refractivity contribution in [3.05, 3.63) is 71.8 Å². The van der Waals surface area contributed by atoms with E-state index >= 15 is 0 Å². The molecule has 0 aliphatic heterocycles. The molecule has 0 amide bonds. The maximum atomic E-state index is 9.30. The zero-order valence-corrected chi connectivity index (χ0v) is 10.9. The van der Waals surface area contributed by atoms with Crippen LogP contribution in [0.1, 0.15) is 17.0 Å². The van der Waals surface area contributed by atoms with Crippen LogP contribution in [0.5, 0.6) is 0 Å². The summed E-state index contributed by atoms with van der Waals surface area (Å²) in [7, 11) is 0. The Bertz CT molecular complexity index is 407. The van der Waals surface area contributed by atoms with Crippen molar-refractivity contribution in [1.29, 1.82) is 0 Å². The minimum Gasteiger partial charge on any atom is -0.395 e. The third-order valence-corrected chi connectivity index (χ3v) is 2.96. The third kappa shape index (κ3) is 3.33. The molecule has 0 saturated heterocycles. The van der Waals surface area contributed by atoms with Crippen LogP contribution in [0.3, 0.4) is 0 Å². The van der Waals surface area contributed by atoms with Crippen molar-refractivity contribution < 1.29 is 5.11 Å². The molecule has 0 bridgehead atoms. The highest BCUT2D eigenvalue weighted by Crippen LogP contribution is 2.26. The number of aliphatic hydroxyl groups excluding tert-OH is 1. The fourth-order valence-electron chi connectivity index (χ4n) is 2.11. The van der Waals surface area contributed by atoms with Crippen LogP contribution in [0.4, 0.5) is 0 Å². The van der Waals surface area contributed by atoms with Gasteiger partial charge in [-0.25, -0.2) is 0 Å². The Labute approximate surface area is 114 Å². The lowest BCUT2D eigenvalue weighted by Crippen LogP contribution is -2.32. The summed E-state index contributed by atoms with van der Waals surface area (Å²) in [5.74, 6) is 0.0439. The average molecular weight is 264 g/mol. The largest absolute Gasteiger partial charge is 0.395 e. The Morgan fingerprint density at radius 2 is 1.22 bits per heavy atom. The summed E-state index contributed by atoms with van der Waals surface area (Å²) >= 11 is 0. The Morgan fingerprint density at radius 3 is 1.56 bits per heavy atom. The molecule has 0 spiro atoms. The summed E-state index contributed by atoms with van der Waals surface area (Å²) in [5.41, 5.74) is 8.31. The molecule has 3 heteroatoms. The molecule has 0 aliphatic carbocycles. The van der Waals surface area contributed by atoms with E-state index in [2.05, 4.69) is 0 Å². The molecule has 96 valence electrons.